The standard InChI is InChI=1S/C24H27N3O3/c1-24(2,3)17-12-10-16(11-13-17)21-26-23(30-27-21)20-9-5-4-8-19(20)22(28)25-15-18-7-6-14-29-18/h4-5,8-13,18H,6-7,14-15H2,1-3H3,(H,25,28). The maximum Gasteiger partial charge on any atom is 0.259 e. The van der Waals surface area contributed by atoms with E-state index >= 15 is 0 Å². The van der Waals surface area contributed by atoms with E-state index in [1.807, 2.05) is 30.3 Å². The van der Waals surface area contributed by atoms with Crippen molar-refractivity contribution in [3.05, 3.63) is 59.7 Å². The Labute approximate surface area is 176 Å². The molecule has 0 bridgehead atoms. The van der Waals surface area contributed by atoms with E-state index in [1.165, 1.54) is 5.56 Å². The molecule has 3 aromatic rings. The minimum absolute atomic E-state index is 0.0801. The molecule has 2 aromatic carbocycles. The van der Waals surface area contributed by atoms with Crippen LogP contribution in [0.15, 0.2) is 53.1 Å². The fourth-order valence-electron chi connectivity index (χ4n) is 3.54. The zero-order chi connectivity index (χ0) is 21.1. The fourth-order valence-corrected chi connectivity index (χ4v) is 3.54. The van der Waals surface area contributed by atoms with E-state index < -0.39 is 0 Å². The van der Waals surface area contributed by atoms with Crippen LogP contribution in [0.1, 0.15) is 49.5 Å². The summed E-state index contributed by atoms with van der Waals surface area (Å²) < 4.78 is 11.1. The number of carbonyl (C=O) groups is 1. The zero-order valence-corrected chi connectivity index (χ0v) is 17.6. The molecule has 0 aliphatic carbocycles. The Morgan fingerprint density at radius 3 is 2.60 bits per heavy atom. The van der Waals surface area contributed by atoms with Crippen LogP contribution < -0.4 is 5.32 Å². The highest BCUT2D eigenvalue weighted by Gasteiger charge is 2.21. The molecule has 1 N–H and O–H groups in total. The minimum Gasteiger partial charge on any atom is -0.376 e. The summed E-state index contributed by atoms with van der Waals surface area (Å²) in [5, 5.41) is 7.08. The van der Waals surface area contributed by atoms with E-state index in [0.717, 1.165) is 25.0 Å². The van der Waals surface area contributed by atoms with Gasteiger partial charge >= 0.3 is 0 Å². The smallest absolute Gasteiger partial charge is 0.259 e. The molecule has 2 heterocycles. The van der Waals surface area contributed by atoms with Crippen molar-refractivity contribution in [3.8, 4) is 22.8 Å². The molecular formula is C24H27N3O3. The molecule has 6 heteroatoms. The van der Waals surface area contributed by atoms with Crippen LogP contribution in [0, 0.1) is 0 Å². The number of carbonyl (C=O) groups excluding carboxylic acids is 1. The lowest BCUT2D eigenvalue weighted by atomic mass is 9.87. The molecule has 30 heavy (non-hydrogen) atoms. The maximum atomic E-state index is 12.7. The van der Waals surface area contributed by atoms with Gasteiger partial charge in [-0.2, -0.15) is 4.98 Å². The molecule has 1 amide bonds. The molecule has 0 radical (unpaired) electrons. The molecule has 1 aliphatic rings. The van der Waals surface area contributed by atoms with Gasteiger partial charge in [0.15, 0.2) is 0 Å². The predicted molar refractivity (Wildman–Crippen MR) is 115 cm³/mol. The summed E-state index contributed by atoms with van der Waals surface area (Å²) >= 11 is 0. The first-order valence-electron chi connectivity index (χ1n) is 10.4. The Morgan fingerprint density at radius 1 is 1.13 bits per heavy atom. The summed E-state index contributed by atoms with van der Waals surface area (Å²) in [6, 6.07) is 15.4. The first kappa shape index (κ1) is 20.3. The van der Waals surface area contributed by atoms with Crippen LogP contribution in [-0.2, 0) is 10.2 Å². The van der Waals surface area contributed by atoms with Crippen molar-refractivity contribution < 1.29 is 14.1 Å². The summed E-state index contributed by atoms with van der Waals surface area (Å²) in [5.74, 6) is 0.656. The number of rotatable bonds is 5. The molecule has 1 aromatic heterocycles. The van der Waals surface area contributed by atoms with Crippen molar-refractivity contribution >= 4 is 5.91 Å². The number of amides is 1. The summed E-state index contributed by atoms with van der Waals surface area (Å²) in [6.45, 7) is 7.79. The molecule has 1 aliphatic heterocycles. The van der Waals surface area contributed by atoms with Gasteiger partial charge in [-0.1, -0.05) is 62.3 Å². The van der Waals surface area contributed by atoms with Crippen LogP contribution in [0.3, 0.4) is 0 Å². The summed E-state index contributed by atoms with van der Waals surface area (Å²) in [7, 11) is 0. The Morgan fingerprint density at radius 2 is 1.90 bits per heavy atom. The molecule has 6 nitrogen and oxygen atoms in total. The summed E-state index contributed by atoms with van der Waals surface area (Å²) in [6.07, 6.45) is 2.11. The van der Waals surface area contributed by atoms with E-state index in [0.29, 0.717) is 29.4 Å². The molecular weight excluding hydrogens is 378 g/mol. The van der Waals surface area contributed by atoms with Gasteiger partial charge < -0.3 is 14.6 Å². The van der Waals surface area contributed by atoms with E-state index in [4.69, 9.17) is 9.26 Å². The maximum absolute atomic E-state index is 12.7. The van der Waals surface area contributed by atoms with E-state index in [1.54, 1.807) is 6.07 Å². The van der Waals surface area contributed by atoms with Gasteiger partial charge in [-0.3, -0.25) is 4.79 Å². The third kappa shape index (κ3) is 4.44. The van der Waals surface area contributed by atoms with Gasteiger partial charge in [-0.15, -0.1) is 0 Å². The van der Waals surface area contributed by atoms with Gasteiger partial charge in [-0.05, 0) is 36.0 Å². The first-order chi connectivity index (χ1) is 14.4. The molecule has 1 atom stereocenters. The number of nitrogens with zero attached hydrogens (tertiary/aromatic N) is 2. The van der Waals surface area contributed by atoms with Crippen LogP contribution in [0.5, 0.6) is 0 Å². The largest absolute Gasteiger partial charge is 0.376 e. The molecule has 1 unspecified atom stereocenters. The third-order valence-corrected chi connectivity index (χ3v) is 5.35. The summed E-state index contributed by atoms with van der Waals surface area (Å²) in [4.78, 5) is 17.3. The molecule has 156 valence electrons. The van der Waals surface area contributed by atoms with Gasteiger partial charge in [0.05, 0.1) is 17.2 Å². The highest BCUT2D eigenvalue weighted by atomic mass is 16.5. The molecule has 0 saturated carbocycles. The Hall–Kier alpha value is -2.99. The highest BCUT2D eigenvalue weighted by Crippen LogP contribution is 2.28. The topological polar surface area (TPSA) is 77.2 Å². The Kier molecular flexibility index (Phi) is 5.68. The Bertz CT molecular complexity index is 1010. The monoisotopic (exact) mass is 405 g/mol. The number of hydrogen-bond acceptors (Lipinski definition) is 5. The van der Waals surface area contributed by atoms with Crippen LogP contribution in [0.4, 0.5) is 0 Å². The molecule has 4 rings (SSSR count). The van der Waals surface area contributed by atoms with Crippen molar-refractivity contribution in [3.63, 3.8) is 0 Å². The highest BCUT2D eigenvalue weighted by molar-refractivity contribution is 6.00. The number of ether oxygens (including phenoxy) is 1. The van der Waals surface area contributed by atoms with Crippen molar-refractivity contribution in [1.29, 1.82) is 0 Å². The quantitative estimate of drug-likeness (QED) is 0.671. The number of nitrogens with one attached hydrogen (secondary N) is 1. The number of hydrogen-bond donors (Lipinski definition) is 1. The van der Waals surface area contributed by atoms with Crippen molar-refractivity contribution in [1.82, 2.24) is 15.5 Å². The SMILES string of the molecule is CC(C)(C)c1ccc(-c2noc(-c3ccccc3C(=O)NCC3CCCO3)n2)cc1. The minimum atomic E-state index is -0.171. The molecule has 1 saturated heterocycles. The second kappa shape index (κ2) is 8.40. The van der Waals surface area contributed by atoms with Gasteiger partial charge in [-0.25, -0.2) is 0 Å². The van der Waals surface area contributed by atoms with Crippen LogP contribution in [-0.4, -0.2) is 35.3 Å². The molecule has 1 fully saturated rings. The molecule has 0 spiro atoms. The zero-order valence-electron chi connectivity index (χ0n) is 17.6. The van der Waals surface area contributed by atoms with Crippen molar-refractivity contribution in [2.75, 3.05) is 13.2 Å². The summed E-state index contributed by atoms with van der Waals surface area (Å²) in [5.41, 5.74) is 3.32. The first-order valence-corrected chi connectivity index (χ1v) is 10.4. The predicted octanol–water partition coefficient (Wildman–Crippen LogP) is 4.61. The van der Waals surface area contributed by atoms with E-state index in [9.17, 15) is 4.79 Å². The van der Waals surface area contributed by atoms with Gasteiger partial charge in [0, 0.05) is 18.7 Å². The average Bonchev–Trinajstić information content (AvgIpc) is 3.44. The second-order valence-corrected chi connectivity index (χ2v) is 8.64. The fraction of sp³-hybridized carbons (Fsp3) is 0.375. The van der Waals surface area contributed by atoms with Crippen molar-refractivity contribution in [2.24, 2.45) is 0 Å². The second-order valence-electron chi connectivity index (χ2n) is 8.64. The lowest BCUT2D eigenvalue weighted by Gasteiger charge is -2.18. The lowest BCUT2D eigenvalue weighted by molar-refractivity contribution is 0.0858. The normalized spacial score (nSPS) is 16.6. The average molecular weight is 405 g/mol. The number of benzene rings is 2. The number of aromatic nitrogens is 2. The van der Waals surface area contributed by atoms with Gasteiger partial charge in [0.2, 0.25) is 5.82 Å². The third-order valence-electron chi connectivity index (χ3n) is 5.35. The van der Waals surface area contributed by atoms with Gasteiger partial charge in [0.1, 0.15) is 0 Å². The van der Waals surface area contributed by atoms with Crippen LogP contribution >= 0.6 is 0 Å². The van der Waals surface area contributed by atoms with Crippen LogP contribution in [0.25, 0.3) is 22.8 Å². The Balaban J connectivity index is 1.54. The van der Waals surface area contributed by atoms with Crippen LogP contribution in [0.2, 0.25) is 0 Å². The van der Waals surface area contributed by atoms with E-state index in [2.05, 4.69) is 48.4 Å². The van der Waals surface area contributed by atoms with Crippen molar-refractivity contribution in [2.45, 2.75) is 45.1 Å². The van der Waals surface area contributed by atoms with E-state index in [-0.39, 0.29) is 17.4 Å². The lowest BCUT2D eigenvalue weighted by Crippen LogP contribution is -2.32. The van der Waals surface area contributed by atoms with Gasteiger partial charge in [0.25, 0.3) is 11.8 Å².